The molecule has 0 radical (unpaired) electrons. The fraction of sp³-hybridized carbons (Fsp3) is 0.308. The van der Waals surface area contributed by atoms with Crippen LogP contribution in [0, 0.1) is 0 Å². The maximum Gasteiger partial charge on any atom is 0.267 e. The third kappa shape index (κ3) is 2.42. The summed E-state index contributed by atoms with van der Waals surface area (Å²) in [5, 5.41) is 2.84. The number of rotatable bonds is 4. The van der Waals surface area contributed by atoms with Gasteiger partial charge in [0.15, 0.2) is 0 Å². The number of hydrogen-bond donors (Lipinski definition) is 1. The first-order valence-electron chi connectivity index (χ1n) is 5.62. The fourth-order valence-electron chi connectivity index (χ4n) is 1.79. The standard InChI is InChI=1S/C13H16N2O/c1-2-6-12-10-15(14-13(12)16)9-11-7-4-3-5-8-11/h3-5,7-8,10H,2,6,9H2,1H3,(H,14,16). The van der Waals surface area contributed by atoms with E-state index in [0.29, 0.717) is 0 Å². The van der Waals surface area contributed by atoms with Crippen LogP contribution in [0.4, 0.5) is 0 Å². The number of nitrogens with one attached hydrogen (secondary N) is 1. The molecule has 1 aromatic heterocycles. The lowest BCUT2D eigenvalue weighted by Crippen LogP contribution is -2.08. The van der Waals surface area contributed by atoms with Crippen LogP contribution in [0.5, 0.6) is 0 Å². The highest BCUT2D eigenvalue weighted by molar-refractivity contribution is 5.15. The fourth-order valence-corrected chi connectivity index (χ4v) is 1.79. The molecule has 0 saturated carbocycles. The van der Waals surface area contributed by atoms with Gasteiger partial charge in [-0.2, -0.15) is 0 Å². The second kappa shape index (κ2) is 4.84. The van der Waals surface area contributed by atoms with E-state index in [2.05, 4.69) is 24.2 Å². The number of benzene rings is 1. The van der Waals surface area contributed by atoms with Crippen LogP contribution in [0.3, 0.4) is 0 Å². The van der Waals surface area contributed by atoms with E-state index in [1.165, 1.54) is 5.56 Å². The van der Waals surface area contributed by atoms with Crippen LogP contribution in [0.1, 0.15) is 24.5 Å². The van der Waals surface area contributed by atoms with Crippen molar-refractivity contribution < 1.29 is 0 Å². The van der Waals surface area contributed by atoms with Gasteiger partial charge in [-0.1, -0.05) is 43.7 Å². The molecule has 84 valence electrons. The Morgan fingerprint density at radius 2 is 2.00 bits per heavy atom. The Morgan fingerprint density at radius 3 is 2.69 bits per heavy atom. The van der Waals surface area contributed by atoms with Gasteiger partial charge < -0.3 is 0 Å². The summed E-state index contributed by atoms with van der Waals surface area (Å²) in [7, 11) is 0. The van der Waals surface area contributed by atoms with Gasteiger partial charge in [0.1, 0.15) is 0 Å². The number of aromatic amines is 1. The second-order valence-corrected chi connectivity index (χ2v) is 3.96. The van der Waals surface area contributed by atoms with Crippen LogP contribution in [0.25, 0.3) is 0 Å². The Labute approximate surface area is 94.7 Å². The van der Waals surface area contributed by atoms with Gasteiger partial charge in [0.25, 0.3) is 5.56 Å². The van der Waals surface area contributed by atoms with Crippen LogP contribution >= 0.6 is 0 Å². The van der Waals surface area contributed by atoms with Gasteiger partial charge in [-0.25, -0.2) is 0 Å². The van der Waals surface area contributed by atoms with Crippen molar-refractivity contribution in [3.05, 3.63) is 58.0 Å². The molecule has 2 aromatic rings. The highest BCUT2D eigenvalue weighted by Gasteiger charge is 2.02. The van der Waals surface area contributed by atoms with Crippen molar-refractivity contribution in [2.75, 3.05) is 0 Å². The number of H-pyrrole nitrogens is 1. The number of nitrogens with zero attached hydrogens (tertiary/aromatic N) is 1. The molecule has 1 N–H and O–H groups in total. The van der Waals surface area contributed by atoms with Gasteiger partial charge in [0.05, 0.1) is 6.54 Å². The van der Waals surface area contributed by atoms with Crippen molar-refractivity contribution in [2.45, 2.75) is 26.3 Å². The minimum Gasteiger partial charge on any atom is -0.288 e. The Hall–Kier alpha value is -1.77. The van der Waals surface area contributed by atoms with E-state index in [1.54, 1.807) is 0 Å². The maximum atomic E-state index is 11.5. The molecule has 0 aliphatic carbocycles. The molecule has 0 spiro atoms. The third-order valence-electron chi connectivity index (χ3n) is 2.56. The van der Waals surface area contributed by atoms with Crippen LogP contribution in [-0.4, -0.2) is 9.78 Å². The van der Waals surface area contributed by atoms with E-state index in [1.807, 2.05) is 29.1 Å². The highest BCUT2D eigenvalue weighted by atomic mass is 16.1. The number of hydrogen-bond acceptors (Lipinski definition) is 1. The van der Waals surface area contributed by atoms with Crippen molar-refractivity contribution in [2.24, 2.45) is 0 Å². The summed E-state index contributed by atoms with van der Waals surface area (Å²) < 4.78 is 1.85. The van der Waals surface area contributed by atoms with E-state index >= 15 is 0 Å². The minimum absolute atomic E-state index is 0.0396. The predicted octanol–water partition coefficient (Wildman–Crippen LogP) is 2.18. The van der Waals surface area contributed by atoms with E-state index in [-0.39, 0.29) is 5.56 Å². The van der Waals surface area contributed by atoms with Gasteiger partial charge in [0, 0.05) is 11.8 Å². The summed E-state index contributed by atoms with van der Waals surface area (Å²) in [6.45, 7) is 2.80. The largest absolute Gasteiger partial charge is 0.288 e. The number of aromatic nitrogens is 2. The average Bonchev–Trinajstić information content (AvgIpc) is 2.61. The smallest absolute Gasteiger partial charge is 0.267 e. The van der Waals surface area contributed by atoms with Gasteiger partial charge in [-0.3, -0.25) is 14.6 Å². The molecule has 0 bridgehead atoms. The molecule has 0 atom stereocenters. The lowest BCUT2D eigenvalue weighted by molar-refractivity contribution is 0.679. The van der Waals surface area contributed by atoms with Crippen molar-refractivity contribution >= 4 is 0 Å². The molecule has 3 nitrogen and oxygen atoms in total. The third-order valence-corrected chi connectivity index (χ3v) is 2.56. The predicted molar refractivity (Wildman–Crippen MR) is 64.6 cm³/mol. The molecular formula is C13H16N2O. The molecule has 1 heterocycles. The lowest BCUT2D eigenvalue weighted by atomic mass is 10.2. The second-order valence-electron chi connectivity index (χ2n) is 3.96. The number of aryl methyl sites for hydroxylation is 1. The molecule has 0 fully saturated rings. The summed E-state index contributed by atoms with van der Waals surface area (Å²) in [5.41, 5.74) is 2.10. The molecule has 3 heteroatoms. The molecule has 0 unspecified atom stereocenters. The first kappa shape index (κ1) is 10.7. The molecule has 0 amide bonds. The topological polar surface area (TPSA) is 37.8 Å². The molecule has 16 heavy (non-hydrogen) atoms. The van der Waals surface area contributed by atoms with Gasteiger partial charge in [-0.05, 0) is 12.0 Å². The Balaban J connectivity index is 2.17. The van der Waals surface area contributed by atoms with Crippen molar-refractivity contribution in [1.82, 2.24) is 9.78 Å². The van der Waals surface area contributed by atoms with Crippen LogP contribution in [-0.2, 0) is 13.0 Å². The summed E-state index contributed by atoms with van der Waals surface area (Å²) >= 11 is 0. The van der Waals surface area contributed by atoms with E-state index in [4.69, 9.17) is 0 Å². The monoisotopic (exact) mass is 216 g/mol. The van der Waals surface area contributed by atoms with E-state index in [9.17, 15) is 4.79 Å². The molecule has 0 saturated heterocycles. The van der Waals surface area contributed by atoms with Gasteiger partial charge >= 0.3 is 0 Å². The lowest BCUT2D eigenvalue weighted by Gasteiger charge is -2.01. The van der Waals surface area contributed by atoms with Crippen molar-refractivity contribution in [1.29, 1.82) is 0 Å². The van der Waals surface area contributed by atoms with E-state index < -0.39 is 0 Å². The molecule has 0 aliphatic rings. The van der Waals surface area contributed by atoms with Gasteiger partial charge in [-0.15, -0.1) is 0 Å². The zero-order chi connectivity index (χ0) is 11.4. The summed E-state index contributed by atoms with van der Waals surface area (Å²) in [4.78, 5) is 11.5. The average molecular weight is 216 g/mol. The minimum atomic E-state index is 0.0396. The van der Waals surface area contributed by atoms with Crippen LogP contribution in [0.15, 0.2) is 41.3 Å². The van der Waals surface area contributed by atoms with Crippen molar-refractivity contribution in [3.8, 4) is 0 Å². The summed E-state index contributed by atoms with van der Waals surface area (Å²) in [5.74, 6) is 0. The molecular weight excluding hydrogens is 200 g/mol. The highest BCUT2D eigenvalue weighted by Crippen LogP contribution is 2.02. The zero-order valence-corrected chi connectivity index (χ0v) is 9.44. The molecule has 1 aromatic carbocycles. The first-order valence-corrected chi connectivity index (χ1v) is 5.62. The Morgan fingerprint density at radius 1 is 1.25 bits per heavy atom. The normalized spacial score (nSPS) is 10.6. The molecule has 0 aliphatic heterocycles. The van der Waals surface area contributed by atoms with Gasteiger partial charge in [0.2, 0.25) is 0 Å². The maximum absolute atomic E-state index is 11.5. The summed E-state index contributed by atoms with van der Waals surface area (Å²) in [6, 6.07) is 10.1. The van der Waals surface area contributed by atoms with Crippen LogP contribution in [0.2, 0.25) is 0 Å². The first-order chi connectivity index (χ1) is 7.79. The molecule has 2 rings (SSSR count). The van der Waals surface area contributed by atoms with E-state index in [0.717, 1.165) is 24.9 Å². The summed E-state index contributed by atoms with van der Waals surface area (Å²) in [6.07, 6.45) is 3.76. The zero-order valence-electron chi connectivity index (χ0n) is 9.44. The van der Waals surface area contributed by atoms with Crippen molar-refractivity contribution in [3.63, 3.8) is 0 Å². The Bertz CT molecular complexity index is 496. The SMILES string of the molecule is CCCc1cn(Cc2ccccc2)[nH]c1=O. The quantitative estimate of drug-likeness (QED) is 0.835. The Kier molecular flexibility index (Phi) is 3.25. The van der Waals surface area contributed by atoms with Crippen LogP contribution < -0.4 is 5.56 Å².